The van der Waals surface area contributed by atoms with Crippen LogP contribution in [0, 0.1) is 0 Å². The second-order valence-electron chi connectivity index (χ2n) is 4.05. The monoisotopic (exact) mass is 345 g/mol. The summed E-state index contributed by atoms with van der Waals surface area (Å²) in [6.07, 6.45) is 0. The quantitative estimate of drug-likeness (QED) is 0.710. The zero-order valence-corrected chi connectivity index (χ0v) is 13.3. The van der Waals surface area contributed by atoms with Crippen molar-refractivity contribution in [2.24, 2.45) is 0 Å². The van der Waals surface area contributed by atoms with E-state index in [0.717, 1.165) is 4.67 Å². The molecule has 0 bridgehead atoms. The molecule has 1 unspecified atom stereocenters. The minimum Gasteiger partial charge on any atom is -0.321 e. The molecular formula is C12H13NO5P2S. The molecule has 0 aromatic heterocycles. The van der Waals surface area contributed by atoms with E-state index in [1.807, 2.05) is 0 Å². The van der Waals surface area contributed by atoms with Crippen molar-refractivity contribution in [3.63, 3.8) is 0 Å². The van der Waals surface area contributed by atoms with Crippen LogP contribution in [0.1, 0.15) is 0 Å². The van der Waals surface area contributed by atoms with Crippen molar-refractivity contribution in [2.75, 3.05) is 4.67 Å². The molecule has 0 radical (unpaired) electrons. The van der Waals surface area contributed by atoms with Gasteiger partial charge in [-0.05, 0) is 24.3 Å². The Kier molecular flexibility index (Phi) is 4.94. The fourth-order valence-corrected chi connectivity index (χ4v) is 7.72. The van der Waals surface area contributed by atoms with E-state index in [1.54, 1.807) is 60.7 Å². The lowest BCUT2D eigenvalue weighted by molar-refractivity contribution is 0.397. The first-order valence-corrected chi connectivity index (χ1v) is 11.1. The van der Waals surface area contributed by atoms with E-state index in [4.69, 9.17) is 9.79 Å². The minimum absolute atomic E-state index is 0.239. The summed E-state index contributed by atoms with van der Waals surface area (Å²) < 4.78 is 24.6. The van der Waals surface area contributed by atoms with Gasteiger partial charge in [-0.1, -0.05) is 36.4 Å². The molecule has 0 saturated carbocycles. The van der Waals surface area contributed by atoms with Gasteiger partial charge in [-0.15, -0.1) is 0 Å². The molecular weight excluding hydrogens is 332 g/mol. The molecule has 3 N–H and O–H groups in total. The lowest BCUT2D eigenvalue weighted by Crippen LogP contribution is -2.11. The Morgan fingerprint density at radius 2 is 1.14 bits per heavy atom. The van der Waals surface area contributed by atoms with Gasteiger partial charge >= 0.3 is 13.5 Å². The van der Waals surface area contributed by atoms with Gasteiger partial charge in [0.25, 0.3) is 0 Å². The van der Waals surface area contributed by atoms with Crippen LogP contribution in [-0.2, 0) is 9.13 Å². The van der Waals surface area contributed by atoms with Crippen molar-refractivity contribution in [3.8, 4) is 0 Å². The highest BCUT2D eigenvalue weighted by Gasteiger charge is 2.38. The van der Waals surface area contributed by atoms with Crippen molar-refractivity contribution in [2.45, 2.75) is 0 Å². The van der Waals surface area contributed by atoms with Gasteiger partial charge in [0.05, 0.1) is 22.4 Å². The average Bonchev–Trinajstić information content (AvgIpc) is 2.38. The van der Waals surface area contributed by atoms with Crippen molar-refractivity contribution in [1.82, 2.24) is 0 Å². The summed E-state index contributed by atoms with van der Waals surface area (Å²) in [5.41, 5.74) is 0.742. The third-order valence-corrected chi connectivity index (χ3v) is 9.46. The van der Waals surface area contributed by atoms with Crippen molar-refractivity contribution < 1.29 is 23.8 Å². The Morgan fingerprint density at radius 1 is 0.762 bits per heavy atom. The van der Waals surface area contributed by atoms with Gasteiger partial charge in [0.1, 0.15) is 0 Å². The van der Waals surface area contributed by atoms with E-state index >= 15 is 0 Å². The van der Waals surface area contributed by atoms with Crippen LogP contribution in [0.3, 0.4) is 0 Å². The molecule has 2 rings (SSSR count). The third kappa shape index (κ3) is 4.45. The topological polar surface area (TPSA) is 98.1 Å². The number of nitrogens with zero attached hydrogens (tertiary/aromatic N) is 1. The number of hydrogen-bond donors (Lipinski definition) is 3. The van der Waals surface area contributed by atoms with Gasteiger partial charge in [0.15, 0.2) is 0 Å². The fourth-order valence-electron chi connectivity index (χ4n) is 1.75. The molecule has 0 amide bonds. The highest BCUT2D eigenvalue weighted by Crippen LogP contribution is 2.75. The highest BCUT2D eigenvalue weighted by molar-refractivity contribution is 8.85. The van der Waals surface area contributed by atoms with Crippen molar-refractivity contribution in [1.29, 1.82) is 0 Å². The number of hydrogen-bond acceptors (Lipinski definition) is 3. The zero-order chi connectivity index (χ0) is 15.5. The average molecular weight is 345 g/mol. The van der Waals surface area contributed by atoms with Gasteiger partial charge in [-0.2, -0.15) is 0 Å². The normalized spacial score (nSPS) is 14.4. The molecule has 0 aliphatic carbocycles. The van der Waals surface area contributed by atoms with E-state index in [2.05, 4.69) is 0 Å². The summed E-state index contributed by atoms with van der Waals surface area (Å²) in [6, 6.07) is 16.6. The minimum atomic E-state index is -4.72. The molecule has 0 fully saturated rings. The van der Waals surface area contributed by atoms with Crippen molar-refractivity contribution >= 4 is 35.9 Å². The second kappa shape index (κ2) is 6.36. The van der Waals surface area contributed by atoms with Gasteiger partial charge in [-0.25, -0.2) is 4.57 Å². The highest BCUT2D eigenvalue weighted by atomic mass is 33.1. The van der Waals surface area contributed by atoms with Gasteiger partial charge < -0.3 is 14.7 Å². The standard InChI is InChI=1S/C12H13NO5P2S/c14-19(15,21-20(16,17)18)13(11-7-3-1-4-8-11)12-9-5-2-6-10-12/h1-10H,(H,14,15)(H2,16,17,18). The molecule has 112 valence electrons. The van der Waals surface area contributed by atoms with E-state index in [9.17, 15) is 14.0 Å². The van der Waals surface area contributed by atoms with Crippen molar-refractivity contribution in [3.05, 3.63) is 60.7 Å². The molecule has 0 heterocycles. The molecule has 9 heteroatoms. The van der Waals surface area contributed by atoms with E-state index in [0.29, 0.717) is 11.4 Å². The van der Waals surface area contributed by atoms with E-state index < -0.39 is 13.5 Å². The molecule has 0 saturated heterocycles. The van der Waals surface area contributed by atoms with Crippen LogP contribution in [-0.4, -0.2) is 14.7 Å². The molecule has 0 aliphatic rings. The van der Waals surface area contributed by atoms with Crippen LogP contribution in [0.2, 0.25) is 0 Å². The van der Waals surface area contributed by atoms with Gasteiger partial charge in [-0.3, -0.25) is 9.24 Å². The SMILES string of the molecule is O=P(O)(O)SP(=O)(O)N(c1ccccc1)c1ccccc1. The first-order valence-electron chi connectivity index (χ1n) is 5.80. The Bertz CT molecular complexity index is 652. The second-order valence-corrected chi connectivity index (χ2v) is 11.4. The van der Waals surface area contributed by atoms with Crippen LogP contribution in [0.25, 0.3) is 0 Å². The summed E-state index contributed by atoms with van der Waals surface area (Å²) in [7, 11) is 0. The predicted molar refractivity (Wildman–Crippen MR) is 84.5 cm³/mol. The lowest BCUT2D eigenvalue weighted by Gasteiger charge is -2.28. The van der Waals surface area contributed by atoms with Crippen LogP contribution in [0.4, 0.5) is 11.4 Å². The summed E-state index contributed by atoms with van der Waals surface area (Å²) in [6.45, 7) is -9.10. The smallest absolute Gasteiger partial charge is 0.321 e. The number of para-hydroxylation sites is 2. The Labute approximate surface area is 125 Å². The van der Waals surface area contributed by atoms with E-state index in [-0.39, 0.29) is 11.0 Å². The maximum atomic E-state index is 12.5. The van der Waals surface area contributed by atoms with Crippen LogP contribution >= 0.6 is 24.5 Å². The van der Waals surface area contributed by atoms with Crippen LogP contribution < -0.4 is 4.67 Å². The Balaban J connectivity index is 2.52. The van der Waals surface area contributed by atoms with Gasteiger partial charge in [0.2, 0.25) is 0 Å². The first-order chi connectivity index (χ1) is 9.80. The Morgan fingerprint density at radius 3 is 1.48 bits per heavy atom. The fraction of sp³-hybridized carbons (Fsp3) is 0. The molecule has 2 aromatic carbocycles. The van der Waals surface area contributed by atoms with Crippen LogP contribution in [0.5, 0.6) is 0 Å². The largest absolute Gasteiger partial charge is 0.394 e. The number of benzene rings is 2. The molecule has 0 spiro atoms. The maximum Gasteiger partial charge on any atom is 0.394 e. The van der Waals surface area contributed by atoms with Crippen LogP contribution in [0.15, 0.2) is 60.7 Å². The lowest BCUT2D eigenvalue weighted by atomic mass is 10.3. The third-order valence-electron chi connectivity index (χ3n) is 2.47. The maximum absolute atomic E-state index is 12.5. The number of rotatable bonds is 5. The predicted octanol–water partition coefficient (Wildman–Crippen LogP) is 3.75. The molecule has 2 aromatic rings. The molecule has 0 aliphatic heterocycles. The van der Waals surface area contributed by atoms with Gasteiger partial charge in [0, 0.05) is 0 Å². The first kappa shape index (κ1) is 16.3. The Hall–Kier alpha value is -1.07. The molecule has 6 nitrogen and oxygen atoms in total. The number of anilines is 2. The zero-order valence-electron chi connectivity index (χ0n) is 10.7. The molecule has 1 atom stereocenters. The summed E-state index contributed by atoms with van der Waals surface area (Å²) in [5.74, 6) is 0. The van der Waals surface area contributed by atoms with E-state index in [1.165, 1.54) is 0 Å². The summed E-state index contributed by atoms with van der Waals surface area (Å²) >= 11 is -0.239. The summed E-state index contributed by atoms with van der Waals surface area (Å²) in [5, 5.41) is 0. The summed E-state index contributed by atoms with van der Waals surface area (Å²) in [4.78, 5) is 28.2. The molecule has 21 heavy (non-hydrogen) atoms.